The third kappa shape index (κ3) is 2.07. The fourth-order valence-corrected chi connectivity index (χ4v) is 2.17. The van der Waals surface area contributed by atoms with Crippen LogP contribution in [0.15, 0.2) is 16.7 Å². The SMILES string of the molecule is NC(c1nc(Br)ccc1F)(C(F)F)[C@H]1C[C@H]1O. The first-order valence-corrected chi connectivity index (χ1v) is 5.74. The molecule has 2 rings (SSSR count). The van der Waals surface area contributed by atoms with Crippen LogP contribution < -0.4 is 5.73 Å². The molecule has 0 bridgehead atoms. The summed E-state index contributed by atoms with van der Waals surface area (Å²) in [6.07, 6.45) is -3.79. The van der Waals surface area contributed by atoms with E-state index in [1.54, 1.807) is 0 Å². The Balaban J connectivity index is 2.49. The molecule has 1 fully saturated rings. The van der Waals surface area contributed by atoms with E-state index in [4.69, 9.17) is 5.73 Å². The van der Waals surface area contributed by atoms with Crippen molar-refractivity contribution in [3.8, 4) is 0 Å². The first-order valence-electron chi connectivity index (χ1n) is 4.95. The quantitative estimate of drug-likeness (QED) is 0.837. The lowest BCUT2D eigenvalue weighted by Gasteiger charge is -2.28. The monoisotopic (exact) mass is 310 g/mol. The molecule has 1 aliphatic carbocycles. The van der Waals surface area contributed by atoms with Gasteiger partial charge in [0.05, 0.1) is 6.10 Å². The molecule has 3 N–H and O–H groups in total. The normalized spacial score (nSPS) is 27.0. The predicted octanol–water partition coefficient (Wildman–Crippen LogP) is 1.78. The Hall–Kier alpha value is -0.660. The topological polar surface area (TPSA) is 59.1 Å². The second-order valence-corrected chi connectivity index (χ2v) is 4.92. The third-order valence-corrected chi connectivity index (χ3v) is 3.40. The summed E-state index contributed by atoms with van der Waals surface area (Å²) < 4.78 is 40.0. The lowest BCUT2D eigenvalue weighted by atomic mass is 9.90. The number of pyridine rings is 1. The number of aliphatic hydroxyl groups excluding tert-OH is 1. The molecule has 1 aromatic heterocycles. The van der Waals surface area contributed by atoms with Crippen molar-refractivity contribution >= 4 is 15.9 Å². The maximum Gasteiger partial charge on any atom is 0.262 e. The minimum atomic E-state index is -3.00. The van der Waals surface area contributed by atoms with E-state index in [0.29, 0.717) is 0 Å². The number of nitrogens with zero attached hydrogens (tertiary/aromatic N) is 1. The number of halogens is 4. The average Bonchev–Trinajstić information content (AvgIpc) is 2.98. The number of aromatic nitrogens is 1. The Kier molecular flexibility index (Phi) is 3.17. The van der Waals surface area contributed by atoms with Crippen LogP contribution in [0.5, 0.6) is 0 Å². The average molecular weight is 311 g/mol. The summed E-state index contributed by atoms with van der Waals surface area (Å²) in [4.78, 5) is 3.69. The molecule has 0 radical (unpaired) electrons. The van der Waals surface area contributed by atoms with Crippen LogP contribution in [0.2, 0.25) is 0 Å². The van der Waals surface area contributed by atoms with Crippen molar-refractivity contribution in [3.63, 3.8) is 0 Å². The van der Waals surface area contributed by atoms with Gasteiger partial charge in [0.25, 0.3) is 6.43 Å². The van der Waals surface area contributed by atoms with Crippen LogP contribution in [0.4, 0.5) is 13.2 Å². The molecule has 1 saturated carbocycles. The van der Waals surface area contributed by atoms with Crippen LogP contribution >= 0.6 is 15.9 Å². The second kappa shape index (κ2) is 4.22. The zero-order chi connectivity index (χ0) is 12.8. The standard InChI is InChI=1S/C10H10BrF3N2O/c11-7-2-1-5(12)8(16-7)10(15,9(13)14)4-3-6(4)17/h1-2,4,6,9,17H,3,15H2/t4-,6+,10?/m0/s1. The van der Waals surface area contributed by atoms with Crippen LogP contribution in [0.25, 0.3) is 0 Å². The number of hydrogen-bond acceptors (Lipinski definition) is 3. The maximum atomic E-state index is 13.6. The van der Waals surface area contributed by atoms with E-state index in [-0.39, 0.29) is 11.0 Å². The molecule has 94 valence electrons. The lowest BCUT2D eigenvalue weighted by molar-refractivity contribution is 0.0234. The van der Waals surface area contributed by atoms with Gasteiger partial charge in [-0.3, -0.25) is 0 Å². The number of aliphatic hydroxyl groups is 1. The van der Waals surface area contributed by atoms with Crippen molar-refractivity contribution in [2.45, 2.75) is 24.5 Å². The van der Waals surface area contributed by atoms with Gasteiger partial charge >= 0.3 is 0 Å². The minimum Gasteiger partial charge on any atom is -0.393 e. The predicted molar refractivity (Wildman–Crippen MR) is 57.9 cm³/mol. The van der Waals surface area contributed by atoms with Gasteiger partial charge in [-0.15, -0.1) is 0 Å². The molecule has 17 heavy (non-hydrogen) atoms. The first-order chi connectivity index (χ1) is 7.87. The lowest BCUT2D eigenvalue weighted by Crippen LogP contribution is -2.48. The molecule has 0 amide bonds. The molecule has 1 aliphatic rings. The number of alkyl halides is 2. The summed E-state index contributed by atoms with van der Waals surface area (Å²) in [5.74, 6) is -1.76. The molecule has 1 heterocycles. The summed E-state index contributed by atoms with van der Waals surface area (Å²) in [5.41, 5.74) is 2.84. The van der Waals surface area contributed by atoms with E-state index in [1.165, 1.54) is 6.07 Å². The highest BCUT2D eigenvalue weighted by atomic mass is 79.9. The van der Waals surface area contributed by atoms with Crippen molar-refractivity contribution in [1.29, 1.82) is 0 Å². The molecule has 0 aliphatic heterocycles. The van der Waals surface area contributed by atoms with Gasteiger partial charge in [-0.25, -0.2) is 18.2 Å². The Morgan fingerprint density at radius 3 is 2.59 bits per heavy atom. The van der Waals surface area contributed by atoms with E-state index in [0.717, 1.165) is 6.07 Å². The third-order valence-electron chi connectivity index (χ3n) is 2.95. The van der Waals surface area contributed by atoms with Gasteiger partial charge in [-0.1, -0.05) is 0 Å². The zero-order valence-electron chi connectivity index (χ0n) is 8.58. The van der Waals surface area contributed by atoms with Gasteiger partial charge in [0, 0.05) is 5.92 Å². The molecule has 3 atom stereocenters. The van der Waals surface area contributed by atoms with Crippen molar-refractivity contribution in [3.05, 3.63) is 28.2 Å². The van der Waals surface area contributed by atoms with Crippen molar-refractivity contribution < 1.29 is 18.3 Å². The summed E-state index contributed by atoms with van der Waals surface area (Å²) in [6.45, 7) is 0. The van der Waals surface area contributed by atoms with Gasteiger partial charge in [-0.05, 0) is 34.5 Å². The summed E-state index contributed by atoms with van der Waals surface area (Å²) in [6, 6.07) is 2.32. The molecule has 1 unspecified atom stereocenters. The van der Waals surface area contributed by atoms with Crippen molar-refractivity contribution in [2.24, 2.45) is 11.7 Å². The highest BCUT2D eigenvalue weighted by molar-refractivity contribution is 9.10. The fraction of sp³-hybridized carbons (Fsp3) is 0.500. The summed E-state index contributed by atoms with van der Waals surface area (Å²) in [7, 11) is 0. The zero-order valence-corrected chi connectivity index (χ0v) is 10.2. The molecule has 0 spiro atoms. The number of rotatable bonds is 3. The van der Waals surface area contributed by atoms with Gasteiger partial charge in [0.1, 0.15) is 21.7 Å². The van der Waals surface area contributed by atoms with Crippen molar-refractivity contribution in [2.75, 3.05) is 0 Å². The Bertz CT molecular complexity index is 446. The van der Waals surface area contributed by atoms with Crippen LogP contribution in [-0.2, 0) is 5.54 Å². The van der Waals surface area contributed by atoms with Gasteiger partial charge in [-0.2, -0.15) is 0 Å². The molecule has 1 aromatic rings. The van der Waals surface area contributed by atoms with Crippen LogP contribution in [0, 0.1) is 11.7 Å². The number of hydrogen-bond donors (Lipinski definition) is 2. The van der Waals surface area contributed by atoms with Gasteiger partial charge in [0.2, 0.25) is 0 Å². The van der Waals surface area contributed by atoms with E-state index in [2.05, 4.69) is 20.9 Å². The Labute approximate surface area is 104 Å². The molecule has 0 aromatic carbocycles. The number of nitrogens with two attached hydrogens (primary N) is 1. The Morgan fingerprint density at radius 2 is 2.12 bits per heavy atom. The maximum absolute atomic E-state index is 13.6. The molecule has 3 nitrogen and oxygen atoms in total. The van der Waals surface area contributed by atoms with E-state index >= 15 is 0 Å². The minimum absolute atomic E-state index is 0.133. The highest BCUT2D eigenvalue weighted by Crippen LogP contribution is 2.47. The van der Waals surface area contributed by atoms with Crippen LogP contribution in [0.3, 0.4) is 0 Å². The highest BCUT2D eigenvalue weighted by Gasteiger charge is 2.58. The van der Waals surface area contributed by atoms with Crippen molar-refractivity contribution in [1.82, 2.24) is 4.98 Å². The fourth-order valence-electron chi connectivity index (χ4n) is 1.86. The van der Waals surface area contributed by atoms with Gasteiger partial charge in [0.15, 0.2) is 0 Å². The van der Waals surface area contributed by atoms with E-state index in [1.807, 2.05) is 0 Å². The van der Waals surface area contributed by atoms with Gasteiger partial charge < -0.3 is 10.8 Å². The second-order valence-electron chi connectivity index (χ2n) is 4.11. The molecular formula is C10H10BrF3N2O. The molecular weight excluding hydrogens is 301 g/mol. The van der Waals surface area contributed by atoms with Crippen LogP contribution in [-0.4, -0.2) is 22.6 Å². The molecule has 0 saturated heterocycles. The van der Waals surface area contributed by atoms with Crippen LogP contribution in [0.1, 0.15) is 12.1 Å². The summed E-state index contributed by atoms with van der Waals surface area (Å²) in [5, 5.41) is 9.26. The van der Waals surface area contributed by atoms with E-state index < -0.39 is 35.5 Å². The largest absolute Gasteiger partial charge is 0.393 e. The van der Waals surface area contributed by atoms with E-state index in [9.17, 15) is 18.3 Å². The first kappa shape index (κ1) is 12.8. The summed E-state index contributed by atoms with van der Waals surface area (Å²) >= 11 is 2.98. The molecule has 7 heteroatoms. The Morgan fingerprint density at radius 1 is 1.53 bits per heavy atom. The smallest absolute Gasteiger partial charge is 0.262 e.